The number of halogens is 1. The number of nitrogen functional groups attached to an aromatic ring is 1. The summed E-state index contributed by atoms with van der Waals surface area (Å²) in [6.45, 7) is 1.82. The van der Waals surface area contributed by atoms with Crippen LogP contribution in [0.5, 0.6) is 0 Å². The second kappa shape index (κ2) is 5.24. The van der Waals surface area contributed by atoms with Gasteiger partial charge in [-0.25, -0.2) is 9.18 Å². The Morgan fingerprint density at radius 3 is 2.84 bits per heavy atom. The summed E-state index contributed by atoms with van der Waals surface area (Å²) in [6.07, 6.45) is -1.29. The maximum Gasteiger partial charge on any atom is 0.351 e. The molecule has 19 heavy (non-hydrogen) atoms. The minimum atomic E-state index is -1.54. The van der Waals surface area contributed by atoms with Crippen LogP contribution < -0.4 is 11.4 Å². The van der Waals surface area contributed by atoms with E-state index >= 15 is 0 Å². The van der Waals surface area contributed by atoms with Gasteiger partial charge in [-0.05, 0) is 12.5 Å². The van der Waals surface area contributed by atoms with E-state index in [2.05, 4.69) is 4.98 Å². The van der Waals surface area contributed by atoms with Gasteiger partial charge in [0.05, 0.1) is 12.1 Å². The normalized spacial score (nSPS) is 31.0. The summed E-state index contributed by atoms with van der Waals surface area (Å²) in [5.74, 6) is 0.0672. The van der Waals surface area contributed by atoms with E-state index in [4.69, 9.17) is 10.5 Å². The SMILES string of the molecule is CC[C@H]1O[C@@H](n2ccc(N)nc2=O)[C@@H](F)C1N(C)O. The molecule has 7 nitrogen and oxygen atoms in total. The van der Waals surface area contributed by atoms with Crippen LogP contribution in [-0.4, -0.2) is 45.2 Å². The predicted molar refractivity (Wildman–Crippen MR) is 65.3 cm³/mol. The fourth-order valence-electron chi connectivity index (χ4n) is 2.33. The minimum absolute atomic E-state index is 0.0672. The van der Waals surface area contributed by atoms with Crippen LogP contribution in [-0.2, 0) is 4.74 Å². The molecular formula is C11H17FN4O3. The molecule has 2 rings (SSSR count). The van der Waals surface area contributed by atoms with Crippen molar-refractivity contribution in [2.24, 2.45) is 0 Å². The Labute approximate surface area is 109 Å². The van der Waals surface area contributed by atoms with Crippen LogP contribution in [0, 0.1) is 0 Å². The van der Waals surface area contributed by atoms with E-state index in [1.807, 2.05) is 6.92 Å². The molecule has 4 atom stereocenters. The number of rotatable bonds is 3. The first-order valence-corrected chi connectivity index (χ1v) is 6.01. The van der Waals surface area contributed by atoms with Gasteiger partial charge in [0.25, 0.3) is 0 Å². The molecular weight excluding hydrogens is 255 g/mol. The molecule has 1 aromatic heterocycles. The zero-order chi connectivity index (χ0) is 14.2. The predicted octanol–water partition coefficient (Wildman–Crippen LogP) is 0.161. The fourth-order valence-corrected chi connectivity index (χ4v) is 2.33. The number of alkyl halides is 1. The number of hydrogen-bond donors (Lipinski definition) is 2. The standard InChI is InChI=1S/C11H17FN4O3/c1-3-6-9(15(2)18)8(12)10(19-6)16-5-4-7(13)14-11(16)17/h4-6,8-10,18H,3H2,1-2H3,(H2,13,14,17)/t6-,8+,9?,10-/m1/s1. The zero-order valence-corrected chi connectivity index (χ0v) is 10.7. The van der Waals surface area contributed by atoms with Crippen LogP contribution in [0.25, 0.3) is 0 Å². The maximum absolute atomic E-state index is 14.4. The Kier molecular flexibility index (Phi) is 3.83. The molecule has 0 saturated carbocycles. The second-order valence-corrected chi connectivity index (χ2v) is 4.52. The van der Waals surface area contributed by atoms with Gasteiger partial charge in [0, 0.05) is 13.2 Å². The Bertz CT molecular complexity index is 507. The third kappa shape index (κ3) is 2.46. The van der Waals surface area contributed by atoms with Gasteiger partial charge in [-0.3, -0.25) is 4.57 Å². The summed E-state index contributed by atoms with van der Waals surface area (Å²) in [4.78, 5) is 15.2. The molecule has 1 saturated heterocycles. The monoisotopic (exact) mass is 272 g/mol. The van der Waals surface area contributed by atoms with Crippen molar-refractivity contribution in [1.29, 1.82) is 0 Å². The number of nitrogens with two attached hydrogens (primary N) is 1. The van der Waals surface area contributed by atoms with E-state index < -0.39 is 30.2 Å². The first-order valence-electron chi connectivity index (χ1n) is 6.01. The number of hydroxylamine groups is 2. The summed E-state index contributed by atoms with van der Waals surface area (Å²) in [6, 6.07) is 0.577. The molecule has 1 aliphatic rings. The van der Waals surface area contributed by atoms with E-state index in [1.165, 1.54) is 19.3 Å². The van der Waals surface area contributed by atoms with Crippen LogP contribution in [0.15, 0.2) is 17.1 Å². The highest BCUT2D eigenvalue weighted by Crippen LogP contribution is 2.34. The third-order valence-electron chi connectivity index (χ3n) is 3.25. The average molecular weight is 272 g/mol. The Balaban J connectivity index is 2.34. The molecule has 0 aliphatic carbocycles. The lowest BCUT2D eigenvalue weighted by Crippen LogP contribution is -2.42. The highest BCUT2D eigenvalue weighted by molar-refractivity contribution is 5.23. The van der Waals surface area contributed by atoms with Gasteiger partial charge >= 0.3 is 5.69 Å². The summed E-state index contributed by atoms with van der Waals surface area (Å²) >= 11 is 0. The molecule has 0 aromatic carbocycles. The molecule has 2 heterocycles. The van der Waals surface area contributed by atoms with Crippen LogP contribution >= 0.6 is 0 Å². The Hall–Kier alpha value is -1.51. The summed E-state index contributed by atoms with van der Waals surface area (Å²) in [5.41, 5.74) is 4.71. The van der Waals surface area contributed by atoms with E-state index in [0.717, 1.165) is 9.63 Å². The Morgan fingerprint density at radius 2 is 2.37 bits per heavy atom. The van der Waals surface area contributed by atoms with E-state index in [9.17, 15) is 14.4 Å². The molecule has 0 amide bonds. The van der Waals surface area contributed by atoms with Gasteiger partial charge in [0.2, 0.25) is 0 Å². The molecule has 1 unspecified atom stereocenters. The molecule has 1 aromatic rings. The summed E-state index contributed by atoms with van der Waals surface area (Å²) < 4.78 is 20.9. The van der Waals surface area contributed by atoms with Gasteiger partial charge in [-0.1, -0.05) is 6.92 Å². The van der Waals surface area contributed by atoms with Crippen molar-refractivity contribution in [1.82, 2.24) is 14.6 Å². The Morgan fingerprint density at radius 1 is 1.68 bits per heavy atom. The van der Waals surface area contributed by atoms with Gasteiger partial charge in [0.15, 0.2) is 12.4 Å². The first-order chi connectivity index (χ1) is 8.95. The van der Waals surface area contributed by atoms with Crippen molar-refractivity contribution in [3.63, 3.8) is 0 Å². The lowest BCUT2D eigenvalue weighted by atomic mass is 10.1. The molecule has 3 N–H and O–H groups in total. The molecule has 0 bridgehead atoms. The van der Waals surface area contributed by atoms with Gasteiger partial charge in [-0.15, -0.1) is 0 Å². The van der Waals surface area contributed by atoms with Crippen molar-refractivity contribution in [2.45, 2.75) is 37.9 Å². The minimum Gasteiger partial charge on any atom is -0.383 e. The fraction of sp³-hybridized carbons (Fsp3) is 0.636. The number of aromatic nitrogens is 2. The maximum atomic E-state index is 14.4. The number of hydrogen-bond acceptors (Lipinski definition) is 6. The highest BCUT2D eigenvalue weighted by atomic mass is 19.1. The van der Waals surface area contributed by atoms with Crippen LogP contribution in [0.1, 0.15) is 19.6 Å². The lowest BCUT2D eigenvalue weighted by Gasteiger charge is -2.23. The smallest absolute Gasteiger partial charge is 0.351 e. The number of ether oxygens (including phenoxy) is 1. The lowest BCUT2D eigenvalue weighted by molar-refractivity contribution is -0.129. The van der Waals surface area contributed by atoms with Crippen LogP contribution in [0.4, 0.5) is 10.2 Å². The van der Waals surface area contributed by atoms with Gasteiger partial charge in [-0.2, -0.15) is 10.0 Å². The molecule has 106 valence electrons. The molecule has 1 fully saturated rings. The molecule has 8 heteroatoms. The van der Waals surface area contributed by atoms with E-state index in [1.54, 1.807) is 0 Å². The number of nitrogens with zero attached hydrogens (tertiary/aromatic N) is 3. The van der Waals surface area contributed by atoms with Gasteiger partial charge < -0.3 is 15.7 Å². The van der Waals surface area contributed by atoms with Crippen LogP contribution in [0.2, 0.25) is 0 Å². The van der Waals surface area contributed by atoms with Crippen molar-refractivity contribution >= 4 is 5.82 Å². The van der Waals surface area contributed by atoms with E-state index in [0.29, 0.717) is 6.42 Å². The summed E-state index contributed by atoms with van der Waals surface area (Å²) in [5, 5.41) is 10.3. The van der Waals surface area contributed by atoms with Crippen molar-refractivity contribution in [3.8, 4) is 0 Å². The van der Waals surface area contributed by atoms with Crippen LogP contribution in [0.3, 0.4) is 0 Å². The quantitative estimate of drug-likeness (QED) is 0.761. The van der Waals surface area contributed by atoms with Gasteiger partial charge in [0.1, 0.15) is 5.82 Å². The largest absolute Gasteiger partial charge is 0.383 e. The highest BCUT2D eigenvalue weighted by Gasteiger charge is 2.47. The van der Waals surface area contributed by atoms with Crippen molar-refractivity contribution in [3.05, 3.63) is 22.7 Å². The molecule has 1 aliphatic heterocycles. The third-order valence-corrected chi connectivity index (χ3v) is 3.25. The first kappa shape index (κ1) is 13.9. The number of anilines is 1. The van der Waals surface area contributed by atoms with E-state index in [-0.39, 0.29) is 5.82 Å². The number of likely N-dealkylation sites (N-methyl/N-ethyl adjacent to an activating group) is 1. The topological polar surface area (TPSA) is 93.6 Å². The van der Waals surface area contributed by atoms with Crippen molar-refractivity contribution < 1.29 is 14.3 Å². The summed E-state index contributed by atoms with van der Waals surface area (Å²) in [7, 11) is 1.36. The second-order valence-electron chi connectivity index (χ2n) is 4.52. The average Bonchev–Trinajstić information content (AvgIpc) is 2.66. The molecule has 0 spiro atoms. The zero-order valence-electron chi connectivity index (χ0n) is 10.7. The van der Waals surface area contributed by atoms with Crippen molar-refractivity contribution in [2.75, 3.05) is 12.8 Å². The molecule has 0 radical (unpaired) electrons.